The van der Waals surface area contributed by atoms with Crippen molar-refractivity contribution in [3.63, 3.8) is 0 Å². The Morgan fingerprint density at radius 1 is 0.867 bits per heavy atom. The zero-order valence-electron chi connectivity index (χ0n) is 27.6. The smallest absolute Gasteiger partial charge is 0.328 e. The van der Waals surface area contributed by atoms with Crippen molar-refractivity contribution in [1.29, 1.82) is 0 Å². The number of carbonyl (C=O) groups excluding carboxylic acids is 6. The van der Waals surface area contributed by atoms with Crippen LogP contribution in [-0.4, -0.2) is 77.7 Å². The Hall–Kier alpha value is -3.18. The predicted molar refractivity (Wildman–Crippen MR) is 166 cm³/mol. The first-order chi connectivity index (χ1) is 21.2. The quantitative estimate of drug-likeness (QED) is 0.168. The number of nitrogens with zero attached hydrogens (tertiary/aromatic N) is 1. The van der Waals surface area contributed by atoms with Gasteiger partial charge in [-0.2, -0.15) is 0 Å². The molecule has 4 fully saturated rings. The van der Waals surface area contributed by atoms with Crippen molar-refractivity contribution in [2.75, 3.05) is 13.2 Å². The topological polar surface area (TPSA) is 177 Å². The molecule has 4 rings (SSSR count). The van der Waals surface area contributed by atoms with Gasteiger partial charge in [0.1, 0.15) is 18.1 Å². The van der Waals surface area contributed by atoms with Gasteiger partial charge >= 0.3 is 12.0 Å². The number of esters is 1. The van der Waals surface area contributed by atoms with Gasteiger partial charge in [0.15, 0.2) is 0 Å². The summed E-state index contributed by atoms with van der Waals surface area (Å²) in [6.45, 7) is 10.1. The van der Waals surface area contributed by atoms with E-state index in [-0.39, 0.29) is 23.7 Å². The fourth-order valence-corrected chi connectivity index (χ4v) is 6.81. The Morgan fingerprint density at radius 2 is 1.49 bits per heavy atom. The zero-order chi connectivity index (χ0) is 33.1. The highest BCUT2D eigenvalue weighted by atomic mass is 16.5. The number of primary amides is 1. The number of carbonyl (C=O) groups is 6. The van der Waals surface area contributed by atoms with Crippen LogP contribution in [0.15, 0.2) is 0 Å². The van der Waals surface area contributed by atoms with Gasteiger partial charge in [-0.15, -0.1) is 0 Å². The van der Waals surface area contributed by atoms with Gasteiger partial charge in [-0.25, -0.2) is 9.59 Å². The van der Waals surface area contributed by atoms with Crippen LogP contribution < -0.4 is 21.7 Å². The first-order valence-corrected chi connectivity index (χ1v) is 16.9. The molecule has 0 bridgehead atoms. The molecule has 1 heterocycles. The first-order valence-electron chi connectivity index (χ1n) is 16.9. The molecule has 0 spiro atoms. The summed E-state index contributed by atoms with van der Waals surface area (Å²) in [4.78, 5) is 80.4. The average Bonchev–Trinajstić information content (AvgIpc) is 3.87. The second kappa shape index (κ2) is 14.5. The van der Waals surface area contributed by atoms with E-state index in [2.05, 4.69) is 16.0 Å². The zero-order valence-corrected chi connectivity index (χ0v) is 27.6. The number of amides is 5. The average molecular weight is 632 g/mol. The van der Waals surface area contributed by atoms with E-state index in [0.29, 0.717) is 31.9 Å². The molecule has 1 unspecified atom stereocenters. The number of nitrogens with one attached hydrogen (secondary N) is 3. The number of likely N-dealkylation sites (tertiary alicyclic amines) is 1. The second-order valence-electron chi connectivity index (χ2n) is 15.2. The molecule has 5 atom stereocenters. The number of ketones is 1. The minimum atomic E-state index is -1.10. The Bertz CT molecular complexity index is 1140. The van der Waals surface area contributed by atoms with Gasteiger partial charge in [0.05, 0.1) is 12.6 Å². The Balaban J connectivity index is 1.50. The largest absolute Gasteiger partial charge is 0.464 e. The molecule has 0 radical (unpaired) electrons. The molecule has 252 valence electrons. The molecule has 3 saturated carbocycles. The lowest BCUT2D eigenvalue weighted by molar-refractivity contribution is -0.148. The van der Waals surface area contributed by atoms with E-state index in [1.807, 2.05) is 34.6 Å². The number of rotatable bonds is 14. The van der Waals surface area contributed by atoms with Crippen LogP contribution in [0.5, 0.6) is 0 Å². The minimum Gasteiger partial charge on any atom is -0.464 e. The SMILES string of the molecule is CC(C)[C@H]1CCN(C(=O)[C@@H](NC(=O)N[C@H](C(=O)OCC2CC2)C2CCCC2)C(C)(C)C)[C@@H]1C(=O)NC(CC1CC1)C(=O)C(N)=O. The number of ether oxygens (including phenoxy) is 1. The number of nitrogens with two attached hydrogens (primary N) is 1. The van der Waals surface area contributed by atoms with Gasteiger partial charge in [-0.05, 0) is 73.5 Å². The van der Waals surface area contributed by atoms with Crippen molar-refractivity contribution in [3.8, 4) is 0 Å². The van der Waals surface area contributed by atoms with E-state index in [1.54, 1.807) is 0 Å². The van der Waals surface area contributed by atoms with Crippen LogP contribution in [0.2, 0.25) is 0 Å². The number of Topliss-reactive ketones (excluding diaryl/α,β-unsaturated/α-hetero) is 1. The van der Waals surface area contributed by atoms with Crippen LogP contribution in [0.3, 0.4) is 0 Å². The molecule has 4 aliphatic rings. The highest BCUT2D eigenvalue weighted by Gasteiger charge is 2.48. The Labute approximate surface area is 266 Å². The summed E-state index contributed by atoms with van der Waals surface area (Å²) < 4.78 is 5.55. The van der Waals surface area contributed by atoms with Gasteiger partial charge in [-0.3, -0.25) is 19.2 Å². The van der Waals surface area contributed by atoms with Crippen molar-refractivity contribution in [1.82, 2.24) is 20.9 Å². The van der Waals surface area contributed by atoms with Crippen LogP contribution in [0.4, 0.5) is 4.79 Å². The molecule has 1 aliphatic heterocycles. The number of urea groups is 1. The number of hydrogen-bond donors (Lipinski definition) is 4. The first kappa shape index (κ1) is 34.7. The van der Waals surface area contributed by atoms with E-state index in [1.165, 1.54) is 4.90 Å². The van der Waals surface area contributed by atoms with Crippen molar-refractivity contribution < 1.29 is 33.5 Å². The summed E-state index contributed by atoms with van der Waals surface area (Å²) in [5.74, 6) is -2.85. The summed E-state index contributed by atoms with van der Waals surface area (Å²) in [6, 6.07) is -4.38. The molecular weight excluding hydrogens is 578 g/mol. The summed E-state index contributed by atoms with van der Waals surface area (Å²) >= 11 is 0. The van der Waals surface area contributed by atoms with Crippen LogP contribution in [0.1, 0.15) is 98.8 Å². The summed E-state index contributed by atoms with van der Waals surface area (Å²) in [7, 11) is 0. The molecule has 12 nitrogen and oxygen atoms in total. The third-order valence-corrected chi connectivity index (χ3v) is 9.95. The van der Waals surface area contributed by atoms with Crippen LogP contribution in [-0.2, 0) is 28.7 Å². The Kier molecular flexibility index (Phi) is 11.2. The molecule has 5 N–H and O–H groups in total. The van der Waals surface area contributed by atoms with Crippen LogP contribution in [0.25, 0.3) is 0 Å². The van der Waals surface area contributed by atoms with Crippen molar-refractivity contribution in [2.45, 2.75) is 123 Å². The van der Waals surface area contributed by atoms with Gasteiger partial charge in [0, 0.05) is 6.54 Å². The van der Waals surface area contributed by atoms with Gasteiger partial charge < -0.3 is 31.3 Å². The molecule has 12 heteroatoms. The standard InChI is InChI=1S/C33H53N5O7/c1-18(2)22-14-15-38(25(22)29(41)35-23(16-19-10-11-19)26(39)28(34)40)30(42)27(33(3,4)5)37-32(44)36-24(21-8-6-7-9-21)31(43)45-17-20-12-13-20/h18-25,27H,6-17H2,1-5H3,(H2,34,40)(H,35,41)(H2,36,37,44)/t22-,23?,24+,25+,27-/m1/s1. The monoisotopic (exact) mass is 631 g/mol. The highest BCUT2D eigenvalue weighted by Crippen LogP contribution is 2.36. The third kappa shape index (κ3) is 9.19. The highest BCUT2D eigenvalue weighted by molar-refractivity contribution is 6.37. The maximum atomic E-state index is 14.3. The summed E-state index contributed by atoms with van der Waals surface area (Å²) in [5.41, 5.74) is 4.55. The third-order valence-electron chi connectivity index (χ3n) is 9.95. The van der Waals surface area contributed by atoms with Crippen molar-refractivity contribution in [3.05, 3.63) is 0 Å². The molecule has 0 aromatic carbocycles. The van der Waals surface area contributed by atoms with E-state index in [0.717, 1.165) is 51.4 Å². The maximum Gasteiger partial charge on any atom is 0.328 e. The molecule has 45 heavy (non-hydrogen) atoms. The minimum absolute atomic E-state index is 0.0311. The lowest BCUT2D eigenvalue weighted by Crippen LogP contribution is -2.62. The van der Waals surface area contributed by atoms with E-state index < -0.39 is 65.1 Å². The fourth-order valence-electron chi connectivity index (χ4n) is 6.81. The Morgan fingerprint density at radius 3 is 2.02 bits per heavy atom. The summed E-state index contributed by atoms with van der Waals surface area (Å²) in [5, 5.41) is 8.42. The van der Waals surface area contributed by atoms with Gasteiger partial charge in [0.2, 0.25) is 17.6 Å². The molecule has 1 saturated heterocycles. The van der Waals surface area contributed by atoms with Crippen LogP contribution >= 0.6 is 0 Å². The lowest BCUT2D eigenvalue weighted by atomic mass is 9.84. The lowest BCUT2D eigenvalue weighted by Gasteiger charge is -2.37. The molecule has 5 amide bonds. The maximum absolute atomic E-state index is 14.3. The molecule has 3 aliphatic carbocycles. The normalized spacial score (nSPS) is 24.1. The van der Waals surface area contributed by atoms with Gasteiger partial charge in [0.25, 0.3) is 5.91 Å². The number of hydrogen-bond acceptors (Lipinski definition) is 7. The van der Waals surface area contributed by atoms with E-state index >= 15 is 0 Å². The van der Waals surface area contributed by atoms with E-state index in [9.17, 15) is 28.8 Å². The summed E-state index contributed by atoms with van der Waals surface area (Å²) in [6.07, 6.45) is 8.40. The predicted octanol–water partition coefficient (Wildman–Crippen LogP) is 2.42. The molecule has 0 aromatic heterocycles. The van der Waals surface area contributed by atoms with E-state index in [4.69, 9.17) is 10.5 Å². The van der Waals surface area contributed by atoms with Crippen LogP contribution in [0, 0.1) is 35.0 Å². The van der Waals surface area contributed by atoms with Gasteiger partial charge in [-0.1, -0.05) is 60.3 Å². The second-order valence-corrected chi connectivity index (χ2v) is 15.2. The molecule has 0 aromatic rings. The van der Waals surface area contributed by atoms with Crippen molar-refractivity contribution >= 4 is 35.5 Å². The molecular formula is C33H53N5O7. The fraction of sp³-hybridized carbons (Fsp3) is 0.818. The van der Waals surface area contributed by atoms with Crippen molar-refractivity contribution in [2.24, 2.45) is 40.7 Å².